The Balaban J connectivity index is 1.49. The van der Waals surface area contributed by atoms with Gasteiger partial charge in [-0.25, -0.2) is 4.98 Å². The van der Waals surface area contributed by atoms with E-state index in [1.807, 2.05) is 24.3 Å². The second-order valence-electron chi connectivity index (χ2n) is 6.92. The van der Waals surface area contributed by atoms with Gasteiger partial charge in [0.15, 0.2) is 16.1 Å². The van der Waals surface area contributed by atoms with Crippen LogP contribution in [0.2, 0.25) is 0 Å². The number of anilines is 1. The predicted molar refractivity (Wildman–Crippen MR) is 122 cm³/mol. The van der Waals surface area contributed by atoms with Crippen LogP contribution in [0.1, 0.15) is 30.3 Å². The largest absolute Gasteiger partial charge is 0.301 e. The molecular weight excluding hydrogens is 422 g/mol. The van der Waals surface area contributed by atoms with E-state index in [9.17, 15) is 4.79 Å². The number of benzene rings is 1. The third kappa shape index (κ3) is 4.08. The van der Waals surface area contributed by atoms with Crippen LogP contribution < -0.4 is 5.32 Å². The van der Waals surface area contributed by atoms with E-state index in [1.165, 1.54) is 33.5 Å². The zero-order chi connectivity index (χ0) is 20.5. The van der Waals surface area contributed by atoms with Gasteiger partial charge in [0.2, 0.25) is 5.91 Å². The summed E-state index contributed by atoms with van der Waals surface area (Å²) in [4.78, 5) is 18.2. The number of thiophene rings is 1. The van der Waals surface area contributed by atoms with E-state index < -0.39 is 0 Å². The first kappa shape index (κ1) is 20.1. The Morgan fingerprint density at radius 3 is 2.72 bits per heavy atom. The second kappa shape index (κ2) is 8.25. The minimum Gasteiger partial charge on any atom is -0.301 e. The van der Waals surface area contributed by atoms with Crippen LogP contribution in [0.15, 0.2) is 34.8 Å². The van der Waals surface area contributed by atoms with E-state index >= 15 is 0 Å². The summed E-state index contributed by atoms with van der Waals surface area (Å²) >= 11 is 4.59. The highest BCUT2D eigenvalue weighted by atomic mass is 32.2. The Morgan fingerprint density at radius 1 is 1.24 bits per heavy atom. The number of aryl methyl sites for hydroxylation is 1. The third-order valence-corrected chi connectivity index (χ3v) is 7.49. The van der Waals surface area contributed by atoms with Crippen molar-refractivity contribution in [1.82, 2.24) is 19.7 Å². The lowest BCUT2D eigenvalue weighted by atomic mass is 10.1. The topological polar surface area (TPSA) is 72.7 Å². The van der Waals surface area contributed by atoms with Gasteiger partial charge in [0.25, 0.3) is 0 Å². The highest BCUT2D eigenvalue weighted by Gasteiger charge is 2.20. The Kier molecular flexibility index (Phi) is 5.71. The van der Waals surface area contributed by atoms with Crippen LogP contribution in [-0.4, -0.2) is 31.4 Å². The van der Waals surface area contributed by atoms with Crippen LogP contribution in [0.4, 0.5) is 5.13 Å². The number of rotatable bonds is 6. The van der Waals surface area contributed by atoms with Crippen molar-refractivity contribution < 1.29 is 4.79 Å². The molecule has 0 bridgehead atoms. The second-order valence-corrected chi connectivity index (χ2v) is 9.98. The van der Waals surface area contributed by atoms with Crippen molar-refractivity contribution >= 4 is 55.7 Å². The van der Waals surface area contributed by atoms with Crippen molar-refractivity contribution in [3.63, 3.8) is 0 Å². The molecular formula is C20H21N5OS3. The summed E-state index contributed by atoms with van der Waals surface area (Å²) in [5.74, 6) is 1.01. The molecule has 0 aliphatic carbocycles. The first-order valence-electron chi connectivity index (χ1n) is 9.22. The fourth-order valence-electron chi connectivity index (χ4n) is 2.97. The Labute approximate surface area is 181 Å². The molecule has 1 aromatic carbocycles. The number of carbonyl (C=O) groups is 1. The monoisotopic (exact) mass is 443 g/mol. The van der Waals surface area contributed by atoms with Gasteiger partial charge in [-0.1, -0.05) is 35.2 Å². The molecule has 1 amide bonds. The van der Waals surface area contributed by atoms with Gasteiger partial charge in [-0.05, 0) is 45.4 Å². The first-order chi connectivity index (χ1) is 13.9. The number of thioether (sulfide) groups is 1. The SMILES string of the molecule is Cc1scc(-c2nnc(SCC(=O)Nc3nc4ccccc4s3)n2C(C)C)c1C. The first-order valence-corrected chi connectivity index (χ1v) is 11.9. The normalized spacial score (nSPS) is 11.5. The summed E-state index contributed by atoms with van der Waals surface area (Å²) in [5.41, 5.74) is 3.24. The third-order valence-electron chi connectivity index (χ3n) is 4.58. The molecule has 0 unspecified atom stereocenters. The number of para-hydroxylation sites is 1. The highest BCUT2D eigenvalue weighted by molar-refractivity contribution is 7.99. The van der Waals surface area contributed by atoms with E-state index in [4.69, 9.17) is 0 Å². The van der Waals surface area contributed by atoms with E-state index in [2.05, 4.69) is 58.1 Å². The predicted octanol–water partition coefficient (Wildman–Crippen LogP) is 5.54. The number of aromatic nitrogens is 4. The van der Waals surface area contributed by atoms with Crippen LogP contribution in [-0.2, 0) is 4.79 Å². The maximum Gasteiger partial charge on any atom is 0.236 e. The van der Waals surface area contributed by atoms with Gasteiger partial charge in [-0.2, -0.15) is 0 Å². The molecule has 150 valence electrons. The Bertz CT molecular complexity index is 1140. The molecule has 29 heavy (non-hydrogen) atoms. The van der Waals surface area contributed by atoms with Crippen molar-refractivity contribution in [2.75, 3.05) is 11.1 Å². The number of nitrogens with one attached hydrogen (secondary N) is 1. The number of carbonyl (C=O) groups excluding carboxylic acids is 1. The molecule has 1 N–H and O–H groups in total. The lowest BCUT2D eigenvalue weighted by molar-refractivity contribution is -0.113. The number of fused-ring (bicyclic) bond motifs is 1. The number of thiazole rings is 1. The average Bonchev–Trinajstić information content (AvgIpc) is 3.37. The number of amides is 1. The van der Waals surface area contributed by atoms with Gasteiger partial charge in [-0.3, -0.25) is 9.36 Å². The Morgan fingerprint density at radius 2 is 2.03 bits per heavy atom. The summed E-state index contributed by atoms with van der Waals surface area (Å²) in [6, 6.07) is 8.04. The molecule has 0 aliphatic heterocycles. The van der Waals surface area contributed by atoms with Gasteiger partial charge < -0.3 is 5.32 Å². The molecule has 3 aromatic heterocycles. The van der Waals surface area contributed by atoms with Crippen LogP contribution >= 0.6 is 34.4 Å². The smallest absolute Gasteiger partial charge is 0.236 e. The summed E-state index contributed by atoms with van der Waals surface area (Å²) < 4.78 is 3.16. The van der Waals surface area contributed by atoms with Gasteiger partial charge in [0.1, 0.15) is 0 Å². The maximum absolute atomic E-state index is 12.5. The number of nitrogens with zero attached hydrogens (tertiary/aromatic N) is 4. The Hall–Kier alpha value is -2.23. The molecule has 0 saturated carbocycles. The van der Waals surface area contributed by atoms with Crippen molar-refractivity contribution in [3.05, 3.63) is 40.1 Å². The van der Waals surface area contributed by atoms with E-state index in [0.717, 1.165) is 26.8 Å². The lowest BCUT2D eigenvalue weighted by Crippen LogP contribution is -2.14. The summed E-state index contributed by atoms with van der Waals surface area (Å²) in [7, 11) is 0. The fourth-order valence-corrected chi connectivity index (χ4v) is 5.58. The standard InChI is InChI=1S/C20H21N5OS3/c1-11(2)25-18(14-9-27-13(4)12(14)3)23-24-20(25)28-10-17(26)22-19-21-15-7-5-6-8-16(15)29-19/h5-9,11H,10H2,1-4H3,(H,21,22,26). The zero-order valence-electron chi connectivity index (χ0n) is 16.6. The molecule has 0 radical (unpaired) electrons. The van der Waals surface area contributed by atoms with Crippen molar-refractivity contribution in [3.8, 4) is 11.4 Å². The van der Waals surface area contributed by atoms with E-state index in [1.54, 1.807) is 11.3 Å². The fraction of sp³-hybridized carbons (Fsp3) is 0.300. The summed E-state index contributed by atoms with van der Waals surface area (Å²) in [6.45, 7) is 8.43. The van der Waals surface area contributed by atoms with Crippen molar-refractivity contribution in [2.45, 2.75) is 38.9 Å². The molecule has 4 rings (SSSR count). The molecule has 4 aromatic rings. The molecule has 3 heterocycles. The number of hydrogen-bond donors (Lipinski definition) is 1. The summed E-state index contributed by atoms with van der Waals surface area (Å²) in [5, 5.41) is 15.2. The van der Waals surface area contributed by atoms with Crippen molar-refractivity contribution in [1.29, 1.82) is 0 Å². The molecule has 0 spiro atoms. The number of hydrogen-bond acceptors (Lipinski definition) is 7. The highest BCUT2D eigenvalue weighted by Crippen LogP contribution is 2.33. The van der Waals surface area contributed by atoms with Crippen LogP contribution in [0.5, 0.6) is 0 Å². The van der Waals surface area contributed by atoms with Crippen LogP contribution in [0.3, 0.4) is 0 Å². The minimum atomic E-state index is -0.100. The van der Waals surface area contributed by atoms with Gasteiger partial charge in [0, 0.05) is 21.9 Å². The summed E-state index contributed by atoms with van der Waals surface area (Å²) in [6.07, 6.45) is 0. The van der Waals surface area contributed by atoms with Crippen molar-refractivity contribution in [2.24, 2.45) is 0 Å². The van der Waals surface area contributed by atoms with Gasteiger partial charge in [-0.15, -0.1) is 21.5 Å². The molecule has 6 nitrogen and oxygen atoms in total. The zero-order valence-corrected chi connectivity index (χ0v) is 19.0. The molecule has 0 aliphatic rings. The molecule has 0 atom stereocenters. The average molecular weight is 444 g/mol. The van der Waals surface area contributed by atoms with E-state index in [0.29, 0.717) is 5.13 Å². The molecule has 0 saturated heterocycles. The quantitative estimate of drug-likeness (QED) is 0.396. The van der Waals surface area contributed by atoms with Gasteiger partial charge >= 0.3 is 0 Å². The van der Waals surface area contributed by atoms with Crippen LogP contribution in [0.25, 0.3) is 21.6 Å². The lowest BCUT2D eigenvalue weighted by Gasteiger charge is -2.13. The molecule has 9 heteroatoms. The van der Waals surface area contributed by atoms with E-state index in [-0.39, 0.29) is 17.7 Å². The maximum atomic E-state index is 12.5. The van der Waals surface area contributed by atoms with Crippen LogP contribution in [0, 0.1) is 13.8 Å². The molecule has 0 fully saturated rings. The van der Waals surface area contributed by atoms with Gasteiger partial charge in [0.05, 0.1) is 16.0 Å². The minimum absolute atomic E-state index is 0.100.